The lowest BCUT2D eigenvalue weighted by Crippen LogP contribution is -2.16. The zero-order valence-corrected chi connectivity index (χ0v) is 20.8. The number of hydrogen-bond donors (Lipinski definition) is 2. The molecule has 2 aromatic carbocycles. The molecule has 0 amide bonds. The second-order valence-corrected chi connectivity index (χ2v) is 9.24. The Hall–Kier alpha value is -2.90. The van der Waals surface area contributed by atoms with Gasteiger partial charge < -0.3 is 19.2 Å². The summed E-state index contributed by atoms with van der Waals surface area (Å²) in [5, 5.41) is 13.0. The van der Waals surface area contributed by atoms with Crippen LogP contribution in [0.1, 0.15) is 49.1 Å². The third kappa shape index (κ3) is 6.83. The molecule has 2 N–H and O–H groups in total. The van der Waals surface area contributed by atoms with Gasteiger partial charge in [-0.1, -0.05) is 55.8 Å². The maximum atomic E-state index is 10.6. The first-order valence-electron chi connectivity index (χ1n) is 12.0. The average Bonchev–Trinajstić information content (AvgIpc) is 3.34. The number of rotatable bonds is 13. The lowest BCUT2D eigenvalue weighted by Gasteiger charge is -2.14. The van der Waals surface area contributed by atoms with E-state index in [4.69, 9.17) is 13.8 Å². The monoisotopic (exact) mass is 494 g/mol. The second-order valence-electron chi connectivity index (χ2n) is 8.42. The predicted octanol–water partition coefficient (Wildman–Crippen LogP) is 5.29. The highest BCUT2D eigenvalue weighted by Crippen LogP contribution is 2.31. The zero-order valence-electron chi connectivity index (χ0n) is 19.8. The first-order chi connectivity index (χ1) is 17.2. The SMILES string of the molecule is CCCC(Cc1nnc(-c2ccc(CNCCCO[PH](=O)O)c3ncccc23)o1)c1ccccc1. The van der Waals surface area contributed by atoms with Crippen molar-refractivity contribution < 1.29 is 18.4 Å². The van der Waals surface area contributed by atoms with E-state index in [1.54, 1.807) is 6.20 Å². The van der Waals surface area contributed by atoms with Gasteiger partial charge in [0.2, 0.25) is 11.8 Å². The molecule has 0 radical (unpaired) electrons. The lowest BCUT2D eigenvalue weighted by atomic mass is 9.91. The van der Waals surface area contributed by atoms with Crippen LogP contribution in [0.25, 0.3) is 22.4 Å². The number of fused-ring (bicyclic) bond motifs is 1. The van der Waals surface area contributed by atoms with Crippen LogP contribution in [0.15, 0.2) is 65.2 Å². The van der Waals surface area contributed by atoms with Crippen LogP contribution in [0.4, 0.5) is 0 Å². The Morgan fingerprint density at radius 1 is 1.11 bits per heavy atom. The Balaban J connectivity index is 1.49. The fourth-order valence-corrected chi connectivity index (χ4v) is 4.57. The van der Waals surface area contributed by atoms with Crippen molar-refractivity contribution in [3.8, 4) is 11.5 Å². The molecule has 2 atom stereocenters. The Labute approximate surface area is 205 Å². The number of aromatic nitrogens is 3. The molecule has 184 valence electrons. The van der Waals surface area contributed by atoms with E-state index in [0.717, 1.165) is 34.9 Å². The van der Waals surface area contributed by atoms with Crippen molar-refractivity contribution in [3.63, 3.8) is 0 Å². The molecule has 0 spiro atoms. The minimum Gasteiger partial charge on any atom is -0.421 e. The molecule has 0 bridgehead atoms. The van der Waals surface area contributed by atoms with Crippen molar-refractivity contribution in [2.24, 2.45) is 0 Å². The summed E-state index contributed by atoms with van der Waals surface area (Å²) in [6, 6.07) is 18.4. The predicted molar refractivity (Wildman–Crippen MR) is 136 cm³/mol. The number of hydrogen-bond acceptors (Lipinski definition) is 7. The second kappa shape index (κ2) is 12.7. The Kier molecular flexibility index (Phi) is 9.15. The molecule has 8 nitrogen and oxygen atoms in total. The van der Waals surface area contributed by atoms with Crippen molar-refractivity contribution in [2.45, 2.75) is 45.1 Å². The fraction of sp³-hybridized carbons (Fsp3) is 0.346. The van der Waals surface area contributed by atoms with E-state index >= 15 is 0 Å². The topological polar surface area (TPSA) is 110 Å². The van der Waals surface area contributed by atoms with E-state index in [1.165, 1.54) is 5.56 Å². The summed E-state index contributed by atoms with van der Waals surface area (Å²) < 4.78 is 21.5. The first-order valence-corrected chi connectivity index (χ1v) is 13.2. The van der Waals surface area contributed by atoms with Gasteiger partial charge in [0, 0.05) is 30.1 Å². The quantitative estimate of drug-likeness (QED) is 0.191. The fourth-order valence-electron chi connectivity index (χ4n) is 4.26. The van der Waals surface area contributed by atoms with Gasteiger partial charge in [-0.25, -0.2) is 0 Å². The molecule has 9 heteroatoms. The van der Waals surface area contributed by atoms with Gasteiger partial charge in [0.05, 0.1) is 12.1 Å². The summed E-state index contributed by atoms with van der Waals surface area (Å²) in [7, 11) is -2.86. The smallest absolute Gasteiger partial charge is 0.316 e. The van der Waals surface area contributed by atoms with E-state index in [-0.39, 0.29) is 6.61 Å². The lowest BCUT2D eigenvalue weighted by molar-refractivity contribution is 0.276. The highest BCUT2D eigenvalue weighted by molar-refractivity contribution is 7.32. The van der Waals surface area contributed by atoms with Crippen LogP contribution in [0, 0.1) is 0 Å². The largest absolute Gasteiger partial charge is 0.421 e. The van der Waals surface area contributed by atoms with Gasteiger partial charge in [0.1, 0.15) is 0 Å². The molecule has 2 unspecified atom stereocenters. The van der Waals surface area contributed by atoms with Gasteiger partial charge in [0.25, 0.3) is 0 Å². The molecule has 0 fully saturated rings. The normalized spacial score (nSPS) is 13.2. The summed E-state index contributed by atoms with van der Waals surface area (Å²) in [6.45, 7) is 3.73. The summed E-state index contributed by atoms with van der Waals surface area (Å²) in [6.07, 6.45) is 5.27. The van der Waals surface area contributed by atoms with Gasteiger partial charge >= 0.3 is 8.25 Å². The van der Waals surface area contributed by atoms with Crippen LogP contribution in [0.5, 0.6) is 0 Å². The maximum Gasteiger partial charge on any atom is 0.316 e. The first kappa shape index (κ1) is 25.2. The maximum absolute atomic E-state index is 10.6. The number of nitrogens with one attached hydrogen (secondary N) is 1. The highest BCUT2D eigenvalue weighted by Gasteiger charge is 2.18. The van der Waals surface area contributed by atoms with Gasteiger partial charge in [-0.3, -0.25) is 9.55 Å². The van der Waals surface area contributed by atoms with E-state index in [0.29, 0.717) is 43.6 Å². The highest BCUT2D eigenvalue weighted by atomic mass is 31.1. The van der Waals surface area contributed by atoms with Crippen molar-refractivity contribution in [3.05, 3.63) is 77.8 Å². The molecular formula is C26H31N4O4P. The van der Waals surface area contributed by atoms with E-state index in [9.17, 15) is 4.57 Å². The third-order valence-electron chi connectivity index (χ3n) is 5.92. The molecule has 4 aromatic rings. The minimum absolute atomic E-state index is 0.252. The van der Waals surface area contributed by atoms with E-state index < -0.39 is 8.25 Å². The van der Waals surface area contributed by atoms with Crippen LogP contribution in [0.3, 0.4) is 0 Å². The van der Waals surface area contributed by atoms with Crippen LogP contribution in [-0.2, 0) is 22.1 Å². The molecule has 35 heavy (non-hydrogen) atoms. The molecule has 0 aliphatic rings. The van der Waals surface area contributed by atoms with Crippen LogP contribution in [-0.4, -0.2) is 33.2 Å². The van der Waals surface area contributed by atoms with Crippen LogP contribution in [0.2, 0.25) is 0 Å². The number of nitrogens with zero attached hydrogens (tertiary/aromatic N) is 3. The Morgan fingerprint density at radius 2 is 1.97 bits per heavy atom. The average molecular weight is 495 g/mol. The van der Waals surface area contributed by atoms with Gasteiger partial charge in [0.15, 0.2) is 0 Å². The molecular weight excluding hydrogens is 463 g/mol. The van der Waals surface area contributed by atoms with Crippen LogP contribution < -0.4 is 5.32 Å². The van der Waals surface area contributed by atoms with E-state index in [1.807, 2.05) is 30.3 Å². The summed E-state index contributed by atoms with van der Waals surface area (Å²) in [4.78, 5) is 13.3. The van der Waals surface area contributed by atoms with Gasteiger partial charge in [-0.05, 0) is 48.6 Å². The Bertz CT molecular complexity index is 1250. The molecule has 2 heterocycles. The van der Waals surface area contributed by atoms with Crippen molar-refractivity contribution in [2.75, 3.05) is 13.2 Å². The molecule has 0 saturated carbocycles. The Morgan fingerprint density at radius 3 is 2.77 bits per heavy atom. The number of pyridine rings is 1. The molecule has 0 aliphatic heterocycles. The van der Waals surface area contributed by atoms with Crippen molar-refractivity contribution in [1.82, 2.24) is 20.5 Å². The summed E-state index contributed by atoms with van der Waals surface area (Å²) in [5.74, 6) is 1.47. The van der Waals surface area contributed by atoms with Crippen LogP contribution >= 0.6 is 8.25 Å². The van der Waals surface area contributed by atoms with E-state index in [2.05, 4.69) is 51.7 Å². The molecule has 0 saturated heterocycles. The van der Waals surface area contributed by atoms with Gasteiger partial charge in [-0.15, -0.1) is 10.2 Å². The zero-order chi connectivity index (χ0) is 24.5. The molecule has 0 aliphatic carbocycles. The van der Waals surface area contributed by atoms with Crippen molar-refractivity contribution in [1.29, 1.82) is 0 Å². The standard InChI is InChI=1S/C26H31N4O4P/c1-2-8-20(19-9-4-3-5-10-19)17-24-29-30-26(34-24)23-13-12-21(25-22(23)11-6-15-28-25)18-27-14-7-16-33-35(31)32/h3-6,9-13,15,20,27,35H,2,7-8,14,16-18H2,1H3,(H,31,32). The summed E-state index contributed by atoms with van der Waals surface area (Å²) in [5.41, 5.74) is 4.08. The minimum atomic E-state index is -2.86. The summed E-state index contributed by atoms with van der Waals surface area (Å²) >= 11 is 0. The third-order valence-corrected chi connectivity index (χ3v) is 6.37. The van der Waals surface area contributed by atoms with Gasteiger partial charge in [-0.2, -0.15) is 0 Å². The molecule has 4 rings (SSSR count). The van der Waals surface area contributed by atoms with Crippen molar-refractivity contribution >= 4 is 19.2 Å². The molecule has 2 aromatic heterocycles. The number of benzene rings is 2.